The van der Waals surface area contributed by atoms with E-state index in [2.05, 4.69) is 5.32 Å². The molecular formula is C19H24N2O3S. The van der Waals surface area contributed by atoms with Gasteiger partial charge in [0.05, 0.1) is 10.8 Å². The van der Waals surface area contributed by atoms with Crippen LogP contribution in [0.4, 0.5) is 5.69 Å². The predicted molar refractivity (Wildman–Crippen MR) is 101 cm³/mol. The van der Waals surface area contributed by atoms with E-state index < -0.39 is 5.41 Å². The first-order chi connectivity index (χ1) is 11.7. The lowest BCUT2D eigenvalue weighted by Crippen LogP contribution is -2.34. The molecule has 1 fully saturated rings. The number of rotatable bonds is 5. The van der Waals surface area contributed by atoms with Crippen LogP contribution in [-0.2, 0) is 20.8 Å². The van der Waals surface area contributed by atoms with E-state index in [1.165, 1.54) is 22.7 Å². The fraction of sp³-hybridized carbons (Fsp3) is 0.421. The Morgan fingerprint density at radius 3 is 2.68 bits per heavy atom. The van der Waals surface area contributed by atoms with E-state index in [9.17, 15) is 14.4 Å². The Labute approximate surface area is 152 Å². The Kier molecular flexibility index (Phi) is 6.06. The molecule has 1 heterocycles. The highest BCUT2D eigenvalue weighted by Crippen LogP contribution is 2.30. The van der Waals surface area contributed by atoms with Gasteiger partial charge in [-0.3, -0.25) is 19.3 Å². The minimum absolute atomic E-state index is 0.0641. The molecule has 0 spiro atoms. The lowest BCUT2D eigenvalue weighted by Gasteiger charge is -2.19. The monoisotopic (exact) mass is 360 g/mol. The maximum atomic E-state index is 12.3. The summed E-state index contributed by atoms with van der Waals surface area (Å²) in [5, 5.41) is 3.36. The maximum Gasteiger partial charge on any atom is 0.244 e. The molecule has 1 aromatic rings. The quantitative estimate of drug-likeness (QED) is 0.819. The standard InChI is InChI=1S/C19H24N2O3S/c1-5-13-7-6-8-14(9-13)20-16(23)11-21-17(24)12-25-18(21)10-15(22)19(2,3)4/h6-10H,5,11-12H2,1-4H3,(H,20,23)/b18-10-. The second-order valence-corrected chi connectivity index (χ2v) is 7.96. The van der Waals surface area contributed by atoms with Gasteiger partial charge in [0.1, 0.15) is 6.54 Å². The fourth-order valence-corrected chi connectivity index (χ4v) is 3.18. The van der Waals surface area contributed by atoms with Crippen LogP contribution < -0.4 is 5.32 Å². The van der Waals surface area contributed by atoms with Crippen LogP contribution in [0.2, 0.25) is 0 Å². The van der Waals surface area contributed by atoms with Crippen molar-refractivity contribution in [1.82, 2.24) is 4.90 Å². The van der Waals surface area contributed by atoms with E-state index in [1.807, 2.05) is 52.0 Å². The van der Waals surface area contributed by atoms with Gasteiger partial charge in [-0.05, 0) is 24.1 Å². The largest absolute Gasteiger partial charge is 0.325 e. The number of carbonyl (C=O) groups is 3. The first-order valence-corrected chi connectivity index (χ1v) is 9.27. The van der Waals surface area contributed by atoms with Gasteiger partial charge in [-0.15, -0.1) is 0 Å². The van der Waals surface area contributed by atoms with Crippen LogP contribution in [0, 0.1) is 5.41 Å². The number of carbonyl (C=O) groups excluding carboxylic acids is 3. The van der Waals surface area contributed by atoms with Gasteiger partial charge in [0.2, 0.25) is 11.8 Å². The molecule has 0 aromatic heterocycles. The molecule has 2 amide bonds. The first kappa shape index (κ1) is 19.2. The van der Waals surface area contributed by atoms with E-state index >= 15 is 0 Å². The molecule has 1 aliphatic rings. The summed E-state index contributed by atoms with van der Waals surface area (Å²) in [5.74, 6) is -0.249. The van der Waals surface area contributed by atoms with Crippen molar-refractivity contribution in [1.29, 1.82) is 0 Å². The summed E-state index contributed by atoms with van der Waals surface area (Å²) in [4.78, 5) is 38.0. The van der Waals surface area contributed by atoms with Crippen LogP contribution in [0.3, 0.4) is 0 Å². The third-order valence-corrected chi connectivity index (χ3v) is 4.85. The third kappa shape index (κ3) is 5.19. The molecule has 1 aliphatic heterocycles. The number of aryl methyl sites for hydroxylation is 1. The van der Waals surface area contributed by atoms with Gasteiger partial charge in [-0.2, -0.15) is 0 Å². The molecule has 6 heteroatoms. The Bertz CT molecular complexity index is 720. The van der Waals surface area contributed by atoms with Gasteiger partial charge < -0.3 is 5.32 Å². The van der Waals surface area contributed by atoms with Crippen molar-refractivity contribution in [2.75, 3.05) is 17.6 Å². The SMILES string of the molecule is CCc1cccc(NC(=O)CN2C(=O)CS/C2=C\C(=O)C(C)(C)C)c1. The molecule has 1 saturated heterocycles. The maximum absolute atomic E-state index is 12.3. The number of nitrogens with zero attached hydrogens (tertiary/aromatic N) is 1. The number of nitrogens with one attached hydrogen (secondary N) is 1. The highest BCUT2D eigenvalue weighted by molar-refractivity contribution is 8.04. The van der Waals surface area contributed by atoms with Crippen molar-refractivity contribution < 1.29 is 14.4 Å². The highest BCUT2D eigenvalue weighted by Gasteiger charge is 2.30. The molecule has 1 aromatic carbocycles. The summed E-state index contributed by atoms with van der Waals surface area (Å²) < 4.78 is 0. The van der Waals surface area contributed by atoms with Crippen LogP contribution in [-0.4, -0.2) is 34.8 Å². The Morgan fingerprint density at radius 1 is 1.32 bits per heavy atom. The van der Waals surface area contributed by atoms with Crippen LogP contribution in [0.1, 0.15) is 33.3 Å². The Hall–Kier alpha value is -2.08. The summed E-state index contributed by atoms with van der Waals surface area (Å²) in [6, 6.07) is 7.61. The van der Waals surface area contributed by atoms with Crippen molar-refractivity contribution >= 4 is 35.0 Å². The van der Waals surface area contributed by atoms with E-state index in [0.717, 1.165) is 12.0 Å². The summed E-state index contributed by atoms with van der Waals surface area (Å²) in [7, 11) is 0. The molecule has 0 bridgehead atoms. The van der Waals surface area contributed by atoms with Crippen molar-refractivity contribution in [2.24, 2.45) is 5.41 Å². The average Bonchev–Trinajstić information content (AvgIpc) is 2.87. The van der Waals surface area contributed by atoms with Gasteiger partial charge >= 0.3 is 0 Å². The number of anilines is 1. The normalized spacial score (nSPS) is 16.4. The molecule has 1 N–H and O–H groups in total. The Morgan fingerprint density at radius 2 is 2.04 bits per heavy atom. The zero-order chi connectivity index (χ0) is 18.6. The molecule has 0 aliphatic carbocycles. The van der Waals surface area contributed by atoms with Crippen molar-refractivity contribution in [3.8, 4) is 0 Å². The number of benzene rings is 1. The van der Waals surface area contributed by atoms with E-state index in [1.54, 1.807) is 0 Å². The molecule has 0 saturated carbocycles. The lowest BCUT2D eigenvalue weighted by molar-refractivity contribution is -0.129. The van der Waals surface area contributed by atoms with Gasteiger partial charge in [0.15, 0.2) is 5.78 Å². The molecule has 134 valence electrons. The summed E-state index contributed by atoms with van der Waals surface area (Å²) >= 11 is 1.29. The Balaban J connectivity index is 2.08. The van der Waals surface area contributed by atoms with Crippen molar-refractivity contribution in [3.05, 3.63) is 40.9 Å². The van der Waals surface area contributed by atoms with E-state index in [0.29, 0.717) is 10.7 Å². The first-order valence-electron chi connectivity index (χ1n) is 8.29. The molecule has 0 radical (unpaired) electrons. The zero-order valence-electron chi connectivity index (χ0n) is 15.1. The summed E-state index contributed by atoms with van der Waals surface area (Å²) in [5.41, 5.74) is 1.31. The third-order valence-electron chi connectivity index (χ3n) is 3.83. The van der Waals surface area contributed by atoms with Gasteiger partial charge in [0, 0.05) is 17.2 Å². The molecule has 0 unspecified atom stereocenters. The van der Waals surface area contributed by atoms with Gasteiger partial charge in [0.25, 0.3) is 0 Å². The van der Waals surface area contributed by atoms with Crippen LogP contribution in [0.25, 0.3) is 0 Å². The molecular weight excluding hydrogens is 336 g/mol. The number of amides is 2. The predicted octanol–water partition coefficient (Wildman–Crippen LogP) is 3.22. The lowest BCUT2D eigenvalue weighted by atomic mass is 9.91. The smallest absolute Gasteiger partial charge is 0.244 e. The zero-order valence-corrected chi connectivity index (χ0v) is 15.9. The number of hydrogen-bond acceptors (Lipinski definition) is 4. The highest BCUT2D eigenvalue weighted by atomic mass is 32.2. The van der Waals surface area contributed by atoms with Crippen LogP contribution in [0.5, 0.6) is 0 Å². The average molecular weight is 360 g/mol. The number of ketones is 1. The van der Waals surface area contributed by atoms with Crippen LogP contribution in [0.15, 0.2) is 35.4 Å². The van der Waals surface area contributed by atoms with Crippen LogP contribution >= 0.6 is 11.8 Å². The van der Waals surface area contributed by atoms with Gasteiger partial charge in [-0.25, -0.2) is 0 Å². The second kappa shape index (κ2) is 7.87. The number of allylic oxidation sites excluding steroid dienone is 1. The molecule has 2 rings (SSSR count). The fourth-order valence-electron chi connectivity index (χ4n) is 2.24. The summed E-state index contributed by atoms with van der Waals surface area (Å²) in [6.07, 6.45) is 2.35. The number of hydrogen-bond donors (Lipinski definition) is 1. The number of thioether (sulfide) groups is 1. The minimum Gasteiger partial charge on any atom is -0.325 e. The van der Waals surface area contributed by atoms with E-state index in [-0.39, 0.29) is 29.9 Å². The van der Waals surface area contributed by atoms with Crippen molar-refractivity contribution in [3.63, 3.8) is 0 Å². The van der Waals surface area contributed by atoms with E-state index in [4.69, 9.17) is 0 Å². The summed E-state index contributed by atoms with van der Waals surface area (Å²) in [6.45, 7) is 7.43. The van der Waals surface area contributed by atoms with Gasteiger partial charge in [-0.1, -0.05) is 51.6 Å². The van der Waals surface area contributed by atoms with Crippen molar-refractivity contribution in [2.45, 2.75) is 34.1 Å². The molecule has 0 atom stereocenters. The second-order valence-electron chi connectivity index (χ2n) is 6.97. The molecule has 5 nitrogen and oxygen atoms in total. The minimum atomic E-state index is -0.520. The topological polar surface area (TPSA) is 66.5 Å². The molecule has 25 heavy (non-hydrogen) atoms.